The zero-order valence-electron chi connectivity index (χ0n) is 9.86. The highest BCUT2D eigenvalue weighted by molar-refractivity contribution is 5.35. The minimum absolute atomic E-state index is 0.363. The van der Waals surface area contributed by atoms with E-state index < -0.39 is 0 Å². The Morgan fingerprint density at radius 2 is 2.33 bits per heavy atom. The molecular formula is C11H21N3O. The Labute approximate surface area is 91.6 Å². The molecule has 0 aliphatic rings. The average Bonchev–Trinajstić information content (AvgIpc) is 2.66. The lowest BCUT2D eigenvalue weighted by Gasteiger charge is -2.17. The van der Waals surface area contributed by atoms with Gasteiger partial charge in [-0.25, -0.2) is 4.68 Å². The number of nitrogens with zero attached hydrogens (tertiary/aromatic N) is 2. The predicted molar refractivity (Wildman–Crippen MR) is 62.1 cm³/mol. The van der Waals surface area contributed by atoms with Crippen LogP contribution in [0.2, 0.25) is 0 Å². The number of hydrogen-bond donors (Lipinski definition) is 1. The SMILES string of the molecule is CCCn1nccc1NC(CC)COC. The molecule has 4 heteroatoms. The molecule has 1 rings (SSSR count). The monoisotopic (exact) mass is 211 g/mol. The number of nitrogens with one attached hydrogen (secondary N) is 1. The fourth-order valence-electron chi connectivity index (χ4n) is 1.52. The fourth-order valence-corrected chi connectivity index (χ4v) is 1.52. The predicted octanol–water partition coefficient (Wildman–Crippen LogP) is 2.13. The molecule has 15 heavy (non-hydrogen) atoms. The molecule has 1 N–H and O–H groups in total. The lowest BCUT2D eigenvalue weighted by Crippen LogP contribution is -2.25. The second kappa shape index (κ2) is 6.45. The van der Waals surface area contributed by atoms with Gasteiger partial charge in [0.2, 0.25) is 0 Å². The van der Waals surface area contributed by atoms with Crippen LogP contribution in [0.5, 0.6) is 0 Å². The van der Waals surface area contributed by atoms with Crippen molar-refractivity contribution in [2.24, 2.45) is 0 Å². The molecule has 0 saturated carbocycles. The van der Waals surface area contributed by atoms with Crippen molar-refractivity contribution in [1.29, 1.82) is 0 Å². The first kappa shape index (κ1) is 12.0. The van der Waals surface area contributed by atoms with Gasteiger partial charge in [-0.15, -0.1) is 0 Å². The molecule has 1 unspecified atom stereocenters. The highest BCUT2D eigenvalue weighted by atomic mass is 16.5. The Hall–Kier alpha value is -1.03. The maximum atomic E-state index is 5.15. The number of rotatable bonds is 7. The van der Waals surface area contributed by atoms with Gasteiger partial charge in [-0.05, 0) is 12.8 Å². The summed E-state index contributed by atoms with van der Waals surface area (Å²) in [4.78, 5) is 0. The van der Waals surface area contributed by atoms with Gasteiger partial charge in [0.25, 0.3) is 0 Å². The largest absolute Gasteiger partial charge is 0.383 e. The summed E-state index contributed by atoms with van der Waals surface area (Å²) in [6.45, 7) is 5.99. The molecule has 0 aromatic carbocycles. The zero-order chi connectivity index (χ0) is 11.1. The zero-order valence-corrected chi connectivity index (χ0v) is 9.86. The molecule has 1 aromatic heterocycles. The Bertz CT molecular complexity index is 273. The van der Waals surface area contributed by atoms with Crippen molar-refractivity contribution < 1.29 is 4.74 Å². The van der Waals surface area contributed by atoms with Crippen LogP contribution in [0.25, 0.3) is 0 Å². The summed E-state index contributed by atoms with van der Waals surface area (Å²) in [7, 11) is 1.73. The molecule has 0 radical (unpaired) electrons. The van der Waals surface area contributed by atoms with Gasteiger partial charge in [-0.1, -0.05) is 13.8 Å². The third kappa shape index (κ3) is 3.55. The van der Waals surface area contributed by atoms with Crippen molar-refractivity contribution in [3.8, 4) is 0 Å². The summed E-state index contributed by atoms with van der Waals surface area (Å²) >= 11 is 0. The topological polar surface area (TPSA) is 39.1 Å². The molecule has 4 nitrogen and oxygen atoms in total. The van der Waals surface area contributed by atoms with E-state index in [-0.39, 0.29) is 0 Å². The van der Waals surface area contributed by atoms with Gasteiger partial charge >= 0.3 is 0 Å². The van der Waals surface area contributed by atoms with Crippen LogP contribution in [-0.4, -0.2) is 29.5 Å². The Morgan fingerprint density at radius 3 is 2.93 bits per heavy atom. The van der Waals surface area contributed by atoms with E-state index in [9.17, 15) is 0 Å². The number of hydrogen-bond acceptors (Lipinski definition) is 3. The summed E-state index contributed by atoms with van der Waals surface area (Å²) in [6, 6.07) is 2.37. The normalized spacial score (nSPS) is 12.7. The van der Waals surface area contributed by atoms with Gasteiger partial charge < -0.3 is 10.1 Å². The van der Waals surface area contributed by atoms with E-state index in [2.05, 4.69) is 24.3 Å². The van der Waals surface area contributed by atoms with E-state index in [0.29, 0.717) is 6.04 Å². The second-order valence-corrected chi connectivity index (χ2v) is 3.64. The van der Waals surface area contributed by atoms with Gasteiger partial charge in [-0.3, -0.25) is 0 Å². The van der Waals surface area contributed by atoms with Crippen molar-refractivity contribution >= 4 is 5.82 Å². The van der Waals surface area contributed by atoms with Crippen molar-refractivity contribution in [3.05, 3.63) is 12.3 Å². The van der Waals surface area contributed by atoms with Crippen LogP contribution in [0.15, 0.2) is 12.3 Å². The first-order valence-electron chi connectivity index (χ1n) is 5.59. The molecule has 1 atom stereocenters. The van der Waals surface area contributed by atoms with E-state index in [4.69, 9.17) is 4.74 Å². The molecule has 0 bridgehead atoms. The highest BCUT2D eigenvalue weighted by Crippen LogP contribution is 2.10. The van der Waals surface area contributed by atoms with Crippen LogP contribution >= 0.6 is 0 Å². The van der Waals surface area contributed by atoms with Gasteiger partial charge in [-0.2, -0.15) is 5.10 Å². The van der Waals surface area contributed by atoms with Crippen LogP contribution in [0.1, 0.15) is 26.7 Å². The van der Waals surface area contributed by atoms with E-state index in [0.717, 1.165) is 31.8 Å². The van der Waals surface area contributed by atoms with E-state index in [1.807, 2.05) is 16.9 Å². The second-order valence-electron chi connectivity index (χ2n) is 3.64. The summed E-state index contributed by atoms with van der Waals surface area (Å²) in [5, 5.41) is 7.71. The fraction of sp³-hybridized carbons (Fsp3) is 0.727. The van der Waals surface area contributed by atoms with E-state index in [1.54, 1.807) is 7.11 Å². The maximum Gasteiger partial charge on any atom is 0.124 e. The Balaban J connectivity index is 2.57. The van der Waals surface area contributed by atoms with E-state index in [1.165, 1.54) is 0 Å². The van der Waals surface area contributed by atoms with E-state index >= 15 is 0 Å². The first-order valence-corrected chi connectivity index (χ1v) is 5.59. The summed E-state index contributed by atoms with van der Waals surface area (Å²) in [6.07, 6.45) is 3.97. The van der Waals surface area contributed by atoms with Gasteiger partial charge in [0.1, 0.15) is 5.82 Å². The van der Waals surface area contributed by atoms with Gasteiger partial charge in [0.05, 0.1) is 18.8 Å². The molecule has 0 saturated heterocycles. The maximum absolute atomic E-state index is 5.15. The summed E-state index contributed by atoms with van der Waals surface area (Å²) in [5.74, 6) is 1.08. The number of aromatic nitrogens is 2. The van der Waals surface area contributed by atoms with Crippen molar-refractivity contribution in [1.82, 2.24) is 9.78 Å². The molecule has 86 valence electrons. The molecule has 0 amide bonds. The molecule has 0 fully saturated rings. The third-order valence-electron chi connectivity index (χ3n) is 2.36. The molecular weight excluding hydrogens is 190 g/mol. The van der Waals surface area contributed by atoms with Gasteiger partial charge in [0.15, 0.2) is 0 Å². The third-order valence-corrected chi connectivity index (χ3v) is 2.36. The van der Waals surface area contributed by atoms with Crippen LogP contribution in [0.3, 0.4) is 0 Å². The number of methoxy groups -OCH3 is 1. The molecule has 0 aliphatic carbocycles. The first-order chi connectivity index (χ1) is 7.31. The number of anilines is 1. The standard InChI is InChI=1S/C11H21N3O/c1-4-8-14-11(6-7-12-14)13-10(5-2)9-15-3/h6-7,10,13H,4-5,8-9H2,1-3H3. The Morgan fingerprint density at radius 1 is 1.53 bits per heavy atom. The molecule has 0 aliphatic heterocycles. The summed E-state index contributed by atoms with van der Waals surface area (Å²) in [5.41, 5.74) is 0. The highest BCUT2D eigenvalue weighted by Gasteiger charge is 2.08. The van der Waals surface area contributed by atoms with Crippen LogP contribution in [0, 0.1) is 0 Å². The average molecular weight is 211 g/mol. The number of aryl methyl sites for hydroxylation is 1. The molecule has 0 spiro atoms. The van der Waals surface area contributed by atoms with Gasteiger partial charge in [0, 0.05) is 19.7 Å². The Kier molecular flexibility index (Phi) is 5.18. The molecule has 1 heterocycles. The number of ether oxygens (including phenoxy) is 1. The smallest absolute Gasteiger partial charge is 0.124 e. The lowest BCUT2D eigenvalue weighted by atomic mass is 10.2. The minimum Gasteiger partial charge on any atom is -0.383 e. The van der Waals surface area contributed by atoms with Crippen molar-refractivity contribution in [2.45, 2.75) is 39.3 Å². The summed E-state index contributed by atoms with van der Waals surface area (Å²) < 4.78 is 7.15. The van der Waals surface area contributed by atoms with Crippen LogP contribution in [-0.2, 0) is 11.3 Å². The van der Waals surface area contributed by atoms with Crippen LogP contribution < -0.4 is 5.32 Å². The quantitative estimate of drug-likeness (QED) is 0.751. The van der Waals surface area contributed by atoms with Crippen LogP contribution in [0.4, 0.5) is 5.82 Å². The van der Waals surface area contributed by atoms with Crippen molar-refractivity contribution in [3.63, 3.8) is 0 Å². The molecule has 1 aromatic rings. The lowest BCUT2D eigenvalue weighted by molar-refractivity contribution is 0.184. The minimum atomic E-state index is 0.363. The van der Waals surface area contributed by atoms with Crippen molar-refractivity contribution in [2.75, 3.05) is 19.0 Å².